The van der Waals surface area contributed by atoms with E-state index < -0.39 is 25.9 Å². The lowest BCUT2D eigenvalue weighted by atomic mass is 10.2. The minimum Gasteiger partial charge on any atom is -0.392 e. The fourth-order valence-corrected chi connectivity index (χ4v) is 6.15. The van der Waals surface area contributed by atoms with Gasteiger partial charge in [0.25, 0.3) is 10.0 Å². The summed E-state index contributed by atoms with van der Waals surface area (Å²) in [4.78, 5) is 0.272. The molecule has 2 aromatic rings. The van der Waals surface area contributed by atoms with Gasteiger partial charge in [-0.25, -0.2) is 4.21 Å². The van der Waals surface area contributed by atoms with Crippen molar-refractivity contribution in [2.45, 2.75) is 29.7 Å². The fraction of sp³-hybridized carbons (Fsp3) is 0.250. The molecule has 0 spiro atoms. The van der Waals surface area contributed by atoms with Gasteiger partial charge in [-0.2, -0.15) is 8.42 Å². The van der Waals surface area contributed by atoms with Gasteiger partial charge in [-0.1, -0.05) is 35.9 Å². The number of nitrogens with zero attached hydrogens (tertiary/aromatic N) is 1. The molecule has 0 aromatic heterocycles. The Morgan fingerprint density at radius 1 is 0.957 bits per heavy atom. The van der Waals surface area contributed by atoms with Gasteiger partial charge in [0.1, 0.15) is 0 Å². The van der Waals surface area contributed by atoms with Crippen molar-refractivity contribution in [2.75, 3.05) is 5.75 Å². The Hall–Kier alpha value is -1.70. The molecule has 0 heterocycles. The van der Waals surface area contributed by atoms with Gasteiger partial charge in [-0.3, -0.25) is 0 Å². The first-order valence-electron chi connectivity index (χ1n) is 7.04. The zero-order valence-electron chi connectivity index (χ0n) is 12.9. The van der Waals surface area contributed by atoms with E-state index in [2.05, 4.69) is 3.77 Å². The largest absolute Gasteiger partial charge is 0.392 e. The maximum absolute atomic E-state index is 13.1. The summed E-state index contributed by atoms with van der Waals surface area (Å²) >= 11 is 0. The van der Waals surface area contributed by atoms with Crippen LogP contribution in [0.15, 0.2) is 68.2 Å². The van der Waals surface area contributed by atoms with Crippen molar-refractivity contribution in [3.63, 3.8) is 0 Å². The lowest BCUT2D eigenvalue weighted by molar-refractivity contribution is 0.219. The predicted octanol–water partition coefficient (Wildman–Crippen LogP) is 2.59. The zero-order chi connectivity index (χ0) is 17.1. The number of rotatable bonds is 5. The van der Waals surface area contributed by atoms with E-state index in [1.54, 1.807) is 42.5 Å². The molecule has 0 radical (unpaired) electrons. The molecule has 0 bridgehead atoms. The summed E-state index contributed by atoms with van der Waals surface area (Å²) in [5.41, 5.74) is 0.914. The predicted molar refractivity (Wildman–Crippen MR) is 90.2 cm³/mol. The van der Waals surface area contributed by atoms with Crippen molar-refractivity contribution < 1.29 is 17.7 Å². The first-order valence-corrected chi connectivity index (χ1v) is 10.2. The maximum Gasteiger partial charge on any atom is 0.290 e. The van der Waals surface area contributed by atoms with Crippen molar-refractivity contribution in [2.24, 2.45) is 3.77 Å². The molecule has 1 N–H and O–H groups in total. The molecule has 2 rings (SSSR count). The fourth-order valence-electron chi connectivity index (χ4n) is 2.04. The van der Waals surface area contributed by atoms with Crippen LogP contribution in [0.1, 0.15) is 12.5 Å². The first-order chi connectivity index (χ1) is 10.7. The van der Waals surface area contributed by atoms with E-state index in [1.165, 1.54) is 19.1 Å². The minimum absolute atomic E-state index is 0.0163. The zero-order valence-corrected chi connectivity index (χ0v) is 14.5. The molecule has 7 heteroatoms. The average Bonchev–Trinajstić information content (AvgIpc) is 2.47. The molecule has 5 nitrogen and oxygen atoms in total. The van der Waals surface area contributed by atoms with Crippen LogP contribution in [0.2, 0.25) is 0 Å². The number of sulfonamides is 1. The van der Waals surface area contributed by atoms with Gasteiger partial charge in [-0.05, 0) is 38.1 Å². The Kier molecular flexibility index (Phi) is 5.23. The van der Waals surface area contributed by atoms with Crippen LogP contribution in [0, 0.1) is 6.92 Å². The van der Waals surface area contributed by atoms with Crippen LogP contribution in [-0.2, 0) is 19.8 Å². The van der Waals surface area contributed by atoms with E-state index in [-0.39, 0.29) is 15.5 Å². The molecule has 2 atom stereocenters. The number of hydrogen-bond donors (Lipinski definition) is 1. The Balaban J connectivity index is 2.61. The lowest BCUT2D eigenvalue weighted by Crippen LogP contribution is -2.19. The quantitative estimate of drug-likeness (QED) is 0.895. The van der Waals surface area contributed by atoms with Gasteiger partial charge in [0, 0.05) is 4.90 Å². The standard InChI is InChI=1S/C16H19NO4S2/c1-13-8-10-16(11-9-13)23(20,21)17-22(19,12-14(2)18)15-6-4-3-5-7-15/h3-11,14,18H,12H2,1-2H3/t14?,22-/m0/s1. The molecule has 0 aliphatic carbocycles. The molecule has 0 amide bonds. The van der Waals surface area contributed by atoms with E-state index in [1.807, 2.05) is 6.92 Å². The van der Waals surface area contributed by atoms with Crippen molar-refractivity contribution in [3.8, 4) is 0 Å². The molecular weight excluding hydrogens is 334 g/mol. The highest BCUT2D eigenvalue weighted by Crippen LogP contribution is 2.21. The second-order valence-electron chi connectivity index (χ2n) is 5.33. The third-order valence-corrected chi connectivity index (χ3v) is 7.68. The molecule has 1 unspecified atom stereocenters. The van der Waals surface area contributed by atoms with Gasteiger partial charge in [0.05, 0.1) is 26.5 Å². The van der Waals surface area contributed by atoms with E-state index >= 15 is 0 Å². The number of aliphatic hydroxyl groups is 1. The number of aliphatic hydroxyl groups excluding tert-OH is 1. The Bertz CT molecular complexity index is 879. The van der Waals surface area contributed by atoms with E-state index in [4.69, 9.17) is 0 Å². The lowest BCUT2D eigenvalue weighted by Gasteiger charge is -2.12. The number of benzene rings is 2. The summed E-state index contributed by atoms with van der Waals surface area (Å²) in [5.74, 6) is -0.248. The van der Waals surface area contributed by atoms with Gasteiger partial charge in [0.2, 0.25) is 0 Å². The van der Waals surface area contributed by atoms with Crippen LogP contribution in [0.5, 0.6) is 0 Å². The Labute approximate surface area is 137 Å². The van der Waals surface area contributed by atoms with Gasteiger partial charge >= 0.3 is 0 Å². The highest BCUT2D eigenvalue weighted by molar-refractivity contribution is 8.03. The molecule has 0 saturated heterocycles. The third kappa shape index (κ3) is 4.40. The van der Waals surface area contributed by atoms with Crippen LogP contribution >= 0.6 is 0 Å². The number of aryl methyl sites for hydroxylation is 1. The monoisotopic (exact) mass is 353 g/mol. The van der Waals surface area contributed by atoms with Crippen LogP contribution in [0.3, 0.4) is 0 Å². The van der Waals surface area contributed by atoms with Crippen LogP contribution in [0.4, 0.5) is 0 Å². The smallest absolute Gasteiger partial charge is 0.290 e. The highest BCUT2D eigenvalue weighted by atomic mass is 32.3. The summed E-state index contributed by atoms with van der Waals surface area (Å²) < 4.78 is 41.8. The van der Waals surface area contributed by atoms with Gasteiger partial charge in [-0.15, -0.1) is 3.77 Å². The third-order valence-electron chi connectivity index (χ3n) is 3.12. The van der Waals surface area contributed by atoms with Crippen LogP contribution in [-0.4, -0.2) is 29.6 Å². The Morgan fingerprint density at radius 2 is 1.52 bits per heavy atom. The SMILES string of the molecule is Cc1ccc(S(=O)(=O)N=[S@](=O)(CC(C)O)c2ccccc2)cc1. The minimum atomic E-state index is -4.09. The molecular formula is C16H19NO4S2. The highest BCUT2D eigenvalue weighted by Gasteiger charge is 2.22. The normalized spacial score (nSPS) is 15.6. The van der Waals surface area contributed by atoms with Crippen molar-refractivity contribution >= 4 is 19.8 Å². The summed E-state index contributed by atoms with van der Waals surface area (Å²) in [6, 6.07) is 14.3. The molecule has 0 aliphatic rings. The summed E-state index contributed by atoms with van der Waals surface area (Å²) in [6.07, 6.45) is -0.945. The van der Waals surface area contributed by atoms with E-state index in [0.717, 1.165) is 5.56 Å². The van der Waals surface area contributed by atoms with Crippen molar-refractivity contribution in [1.29, 1.82) is 0 Å². The molecule has 0 fully saturated rings. The Morgan fingerprint density at radius 3 is 2.04 bits per heavy atom. The molecule has 0 aliphatic heterocycles. The summed E-state index contributed by atoms with van der Waals surface area (Å²) in [5, 5.41) is 9.62. The topological polar surface area (TPSA) is 83.8 Å². The van der Waals surface area contributed by atoms with E-state index in [9.17, 15) is 17.7 Å². The molecule has 0 saturated carbocycles. The van der Waals surface area contributed by atoms with Gasteiger partial charge < -0.3 is 5.11 Å². The second-order valence-corrected chi connectivity index (χ2v) is 9.44. The molecule has 2 aromatic carbocycles. The molecule has 124 valence electrons. The average molecular weight is 353 g/mol. The summed E-state index contributed by atoms with van der Waals surface area (Å²) in [7, 11) is -7.39. The summed E-state index contributed by atoms with van der Waals surface area (Å²) in [6.45, 7) is 3.30. The maximum atomic E-state index is 13.1. The first kappa shape index (κ1) is 17.7. The number of hydrogen-bond acceptors (Lipinski definition) is 4. The second kappa shape index (κ2) is 6.82. The van der Waals surface area contributed by atoms with Crippen LogP contribution in [0.25, 0.3) is 0 Å². The van der Waals surface area contributed by atoms with Crippen molar-refractivity contribution in [3.05, 3.63) is 60.2 Å². The van der Waals surface area contributed by atoms with Crippen LogP contribution < -0.4 is 0 Å². The van der Waals surface area contributed by atoms with E-state index in [0.29, 0.717) is 0 Å². The molecule has 23 heavy (non-hydrogen) atoms. The van der Waals surface area contributed by atoms with Gasteiger partial charge in [0.15, 0.2) is 0 Å². The van der Waals surface area contributed by atoms with Crippen molar-refractivity contribution in [1.82, 2.24) is 0 Å².